The van der Waals surface area contributed by atoms with E-state index in [1.807, 2.05) is 19.1 Å². The minimum atomic E-state index is -0.00742. The summed E-state index contributed by atoms with van der Waals surface area (Å²) in [5.74, 6) is 1.85. The number of aryl methyl sites for hydroxylation is 1. The summed E-state index contributed by atoms with van der Waals surface area (Å²) in [6.45, 7) is 9.82. The summed E-state index contributed by atoms with van der Waals surface area (Å²) in [7, 11) is 0. The van der Waals surface area contributed by atoms with Crippen molar-refractivity contribution >= 4 is 16.3 Å². The molecule has 4 heterocycles. The minimum absolute atomic E-state index is 0.00742. The van der Waals surface area contributed by atoms with E-state index in [2.05, 4.69) is 17.0 Å². The van der Waals surface area contributed by atoms with Gasteiger partial charge in [0.05, 0.1) is 12.8 Å². The smallest absolute Gasteiger partial charge is 0.235 e. The van der Waals surface area contributed by atoms with E-state index >= 15 is 0 Å². The molecular formula is C17H25N5O2S+2. The third-order valence-corrected chi connectivity index (χ3v) is 6.24. The molecule has 1 aliphatic heterocycles. The van der Waals surface area contributed by atoms with E-state index in [0.717, 1.165) is 54.0 Å². The second-order valence-electron chi connectivity index (χ2n) is 6.58. The van der Waals surface area contributed by atoms with E-state index < -0.39 is 0 Å². The number of thiazole rings is 1. The zero-order valence-corrected chi connectivity index (χ0v) is 15.5. The molecule has 0 aliphatic carbocycles. The third kappa shape index (κ3) is 2.94. The van der Waals surface area contributed by atoms with Crippen molar-refractivity contribution < 1.29 is 19.3 Å². The quantitative estimate of drug-likeness (QED) is 0.574. The van der Waals surface area contributed by atoms with Gasteiger partial charge in [0, 0.05) is 6.42 Å². The Bertz CT molecular complexity index is 833. The zero-order chi connectivity index (χ0) is 17.4. The summed E-state index contributed by atoms with van der Waals surface area (Å²) in [5, 5.41) is 15.2. The average Bonchev–Trinajstić information content (AvgIpc) is 3.35. The van der Waals surface area contributed by atoms with Gasteiger partial charge in [0.25, 0.3) is 0 Å². The number of aromatic nitrogens is 3. The molecule has 1 fully saturated rings. The van der Waals surface area contributed by atoms with Crippen LogP contribution in [-0.4, -0.2) is 52.4 Å². The largest absolute Gasteiger partial charge is 0.492 e. The molecule has 0 bridgehead atoms. The zero-order valence-electron chi connectivity index (χ0n) is 14.7. The number of aromatic hydroxyl groups is 1. The van der Waals surface area contributed by atoms with Crippen LogP contribution in [0.4, 0.5) is 0 Å². The average molecular weight is 363 g/mol. The lowest BCUT2D eigenvalue weighted by Gasteiger charge is -2.32. The molecule has 0 amide bonds. The van der Waals surface area contributed by atoms with Crippen molar-refractivity contribution in [1.82, 2.24) is 14.6 Å². The molecule has 1 aliphatic rings. The van der Waals surface area contributed by atoms with Crippen LogP contribution in [0, 0.1) is 0 Å². The predicted octanol–water partition coefficient (Wildman–Crippen LogP) is -0.455. The molecule has 8 heteroatoms. The third-order valence-electron chi connectivity index (χ3n) is 5.16. The molecule has 25 heavy (non-hydrogen) atoms. The summed E-state index contributed by atoms with van der Waals surface area (Å²) < 4.78 is 7.32. The molecule has 0 spiro atoms. The van der Waals surface area contributed by atoms with E-state index in [9.17, 15) is 5.11 Å². The van der Waals surface area contributed by atoms with Gasteiger partial charge in [-0.05, 0) is 19.1 Å². The first-order chi connectivity index (χ1) is 12.2. The molecule has 1 saturated heterocycles. The first-order valence-corrected chi connectivity index (χ1v) is 9.81. The van der Waals surface area contributed by atoms with Crippen molar-refractivity contribution in [2.24, 2.45) is 0 Å². The van der Waals surface area contributed by atoms with E-state index in [1.54, 1.807) is 15.7 Å². The molecule has 4 rings (SSSR count). The van der Waals surface area contributed by atoms with Crippen molar-refractivity contribution in [3.05, 3.63) is 34.9 Å². The van der Waals surface area contributed by atoms with Gasteiger partial charge in [0.2, 0.25) is 10.8 Å². The van der Waals surface area contributed by atoms with Crippen molar-refractivity contribution in [3.63, 3.8) is 0 Å². The Kier molecular flexibility index (Phi) is 4.49. The standard InChI is InChI=1S/C17H23N5O2S/c1-3-13-18-17-22(19-13)16(23)15(25-17)14(12-6-5-11-24-12)21-9-7-20(4-2)8-10-21/h5-6,11,14,23H,3-4,7-10H2,1-2H3/p+2/t14-/m1/s1. The highest BCUT2D eigenvalue weighted by molar-refractivity contribution is 7.17. The summed E-state index contributed by atoms with van der Waals surface area (Å²) in [6, 6.07) is 3.91. The van der Waals surface area contributed by atoms with E-state index in [0.29, 0.717) is 0 Å². The normalized spacial score (nSPS) is 22.5. The molecular weight excluding hydrogens is 338 g/mol. The van der Waals surface area contributed by atoms with Crippen LogP contribution in [0.3, 0.4) is 0 Å². The van der Waals surface area contributed by atoms with Gasteiger partial charge in [-0.15, -0.1) is 5.10 Å². The van der Waals surface area contributed by atoms with E-state index in [1.165, 1.54) is 22.8 Å². The van der Waals surface area contributed by atoms with Gasteiger partial charge in [-0.1, -0.05) is 18.3 Å². The molecule has 7 nitrogen and oxygen atoms in total. The van der Waals surface area contributed by atoms with Gasteiger partial charge in [0.15, 0.2) is 17.6 Å². The first kappa shape index (κ1) is 16.6. The molecule has 0 aromatic carbocycles. The fourth-order valence-corrected chi connectivity index (χ4v) is 4.81. The first-order valence-electron chi connectivity index (χ1n) is 9.00. The summed E-state index contributed by atoms with van der Waals surface area (Å²) >= 11 is 1.52. The van der Waals surface area contributed by atoms with Crippen molar-refractivity contribution in [3.8, 4) is 5.88 Å². The van der Waals surface area contributed by atoms with E-state index in [4.69, 9.17) is 4.42 Å². The molecule has 134 valence electrons. The van der Waals surface area contributed by atoms with Crippen LogP contribution in [0.15, 0.2) is 22.8 Å². The van der Waals surface area contributed by atoms with Gasteiger partial charge in [0.1, 0.15) is 31.1 Å². The number of nitrogens with zero attached hydrogens (tertiary/aromatic N) is 3. The highest BCUT2D eigenvalue weighted by Gasteiger charge is 2.37. The maximum atomic E-state index is 10.8. The monoisotopic (exact) mass is 363 g/mol. The van der Waals surface area contributed by atoms with Crippen LogP contribution in [0.1, 0.15) is 36.4 Å². The number of quaternary nitrogens is 2. The Morgan fingerprint density at radius 1 is 1.32 bits per heavy atom. The lowest BCUT2D eigenvalue weighted by atomic mass is 10.1. The molecule has 0 unspecified atom stereocenters. The van der Waals surface area contributed by atoms with Gasteiger partial charge in [-0.25, -0.2) is 4.98 Å². The summed E-state index contributed by atoms with van der Waals surface area (Å²) in [4.78, 5) is 9.23. The molecule has 3 N–H and O–H groups in total. The fraction of sp³-hybridized carbons (Fsp3) is 0.529. The van der Waals surface area contributed by atoms with Crippen LogP contribution >= 0.6 is 11.3 Å². The van der Waals surface area contributed by atoms with Crippen molar-refractivity contribution in [2.45, 2.75) is 26.3 Å². The number of likely N-dealkylation sites (N-methyl/N-ethyl adjacent to an activating group) is 1. The SMILES string of the molecule is CCc1nc2sc([C@@H](c3ccco3)[NH+]3CC[NH+](CC)CC3)c(O)n2n1. The maximum absolute atomic E-state index is 10.8. The van der Waals surface area contributed by atoms with Crippen molar-refractivity contribution in [1.29, 1.82) is 0 Å². The van der Waals surface area contributed by atoms with Gasteiger partial charge >= 0.3 is 0 Å². The van der Waals surface area contributed by atoms with Gasteiger partial charge in [-0.3, -0.25) is 0 Å². The highest BCUT2D eigenvalue weighted by Crippen LogP contribution is 2.35. The summed E-state index contributed by atoms with van der Waals surface area (Å²) in [6.07, 6.45) is 2.47. The van der Waals surface area contributed by atoms with Gasteiger partial charge < -0.3 is 19.3 Å². The number of hydrogen-bond donors (Lipinski definition) is 3. The minimum Gasteiger partial charge on any atom is -0.492 e. The predicted molar refractivity (Wildman–Crippen MR) is 94.4 cm³/mol. The number of hydrogen-bond acceptors (Lipinski definition) is 5. The number of nitrogens with one attached hydrogen (secondary N) is 2. The number of piperazine rings is 1. The Morgan fingerprint density at radius 3 is 2.72 bits per heavy atom. The van der Waals surface area contributed by atoms with Crippen LogP contribution in [-0.2, 0) is 6.42 Å². The Labute approximate surface area is 150 Å². The lowest BCUT2D eigenvalue weighted by Crippen LogP contribution is -3.28. The van der Waals surface area contributed by atoms with E-state index in [-0.39, 0.29) is 11.9 Å². The molecule has 0 radical (unpaired) electrons. The second kappa shape index (κ2) is 6.78. The molecule has 0 saturated carbocycles. The number of rotatable bonds is 5. The highest BCUT2D eigenvalue weighted by atomic mass is 32.1. The van der Waals surface area contributed by atoms with Gasteiger partial charge in [-0.2, -0.15) is 4.52 Å². The lowest BCUT2D eigenvalue weighted by molar-refractivity contribution is -1.02. The molecule has 1 atom stereocenters. The Morgan fingerprint density at radius 2 is 2.12 bits per heavy atom. The maximum Gasteiger partial charge on any atom is 0.235 e. The van der Waals surface area contributed by atoms with Crippen LogP contribution < -0.4 is 9.80 Å². The topological polar surface area (TPSA) is 72.4 Å². The number of furan rings is 1. The van der Waals surface area contributed by atoms with Crippen LogP contribution in [0.25, 0.3) is 4.96 Å². The Hall–Kier alpha value is -1.90. The molecule has 3 aromatic heterocycles. The number of fused-ring (bicyclic) bond motifs is 1. The second-order valence-corrected chi connectivity index (χ2v) is 7.59. The van der Waals surface area contributed by atoms with Crippen LogP contribution in [0.2, 0.25) is 0 Å². The Balaban J connectivity index is 1.71. The summed E-state index contributed by atoms with van der Waals surface area (Å²) in [5.41, 5.74) is 0. The van der Waals surface area contributed by atoms with Crippen molar-refractivity contribution in [2.75, 3.05) is 32.7 Å². The fourth-order valence-electron chi connectivity index (χ4n) is 3.67. The van der Waals surface area contributed by atoms with Crippen LogP contribution in [0.5, 0.6) is 5.88 Å². The molecule has 3 aromatic rings.